The monoisotopic (exact) mass is 394 g/mol. The number of amides is 1. The highest BCUT2D eigenvalue weighted by atomic mass is 19.1. The number of rotatable bonds is 8. The topological polar surface area (TPSA) is 50.2 Å². The lowest BCUT2D eigenvalue weighted by Gasteiger charge is -2.25. The van der Waals surface area contributed by atoms with Crippen LogP contribution in [0.25, 0.3) is 11.0 Å². The van der Waals surface area contributed by atoms with Gasteiger partial charge in [0.2, 0.25) is 5.91 Å². The van der Waals surface area contributed by atoms with Crippen LogP contribution in [0.5, 0.6) is 0 Å². The van der Waals surface area contributed by atoms with Crippen LogP contribution in [0.4, 0.5) is 4.39 Å². The minimum Gasteiger partial charge on any atom is -0.339 e. The lowest BCUT2D eigenvalue weighted by Crippen LogP contribution is -2.37. The van der Waals surface area contributed by atoms with E-state index in [1.807, 2.05) is 36.2 Å². The van der Waals surface area contributed by atoms with Crippen LogP contribution in [-0.2, 0) is 24.8 Å². The van der Waals surface area contributed by atoms with Gasteiger partial charge >= 0.3 is 0 Å². The number of fused-ring (bicyclic) bond motifs is 1. The highest BCUT2D eigenvalue weighted by molar-refractivity contribution is 5.79. The van der Waals surface area contributed by atoms with Gasteiger partial charge in [-0.05, 0) is 37.6 Å². The van der Waals surface area contributed by atoms with Crippen molar-refractivity contribution in [2.45, 2.75) is 38.3 Å². The number of nitrogens with one attached hydrogen (secondary N) is 1. The van der Waals surface area contributed by atoms with E-state index in [9.17, 15) is 9.18 Å². The van der Waals surface area contributed by atoms with Crippen molar-refractivity contribution in [3.8, 4) is 0 Å². The third kappa shape index (κ3) is 4.32. The molecule has 29 heavy (non-hydrogen) atoms. The Morgan fingerprint density at radius 2 is 1.97 bits per heavy atom. The predicted octanol–water partition coefficient (Wildman–Crippen LogP) is 3.43. The summed E-state index contributed by atoms with van der Waals surface area (Å²) in [5.74, 6) is 1.05. The lowest BCUT2D eigenvalue weighted by atomic mass is 10.1. The van der Waals surface area contributed by atoms with Crippen LogP contribution in [0.15, 0.2) is 48.5 Å². The molecule has 3 aromatic rings. The molecule has 1 saturated heterocycles. The fraction of sp³-hybridized carbons (Fsp3) is 0.391. The molecular weight excluding hydrogens is 367 g/mol. The number of likely N-dealkylation sites (tertiary alicyclic amines) is 1. The number of halogens is 1. The van der Waals surface area contributed by atoms with E-state index in [-0.39, 0.29) is 17.8 Å². The zero-order valence-electron chi connectivity index (χ0n) is 16.8. The molecule has 1 aliphatic rings. The molecule has 1 N–H and O–H groups in total. The van der Waals surface area contributed by atoms with E-state index in [0.29, 0.717) is 25.1 Å². The van der Waals surface area contributed by atoms with Crippen LogP contribution in [-0.4, -0.2) is 39.5 Å². The molecule has 4 rings (SSSR count). The van der Waals surface area contributed by atoms with Crippen molar-refractivity contribution >= 4 is 16.9 Å². The van der Waals surface area contributed by atoms with Crippen LogP contribution in [0.1, 0.15) is 30.7 Å². The molecule has 152 valence electrons. The van der Waals surface area contributed by atoms with Gasteiger partial charge in [-0.3, -0.25) is 4.79 Å². The zero-order chi connectivity index (χ0) is 20.2. The molecule has 2 aromatic carbocycles. The van der Waals surface area contributed by atoms with Crippen LogP contribution in [0.3, 0.4) is 0 Å². The molecule has 1 atom stereocenters. The molecule has 1 unspecified atom stereocenters. The number of hydrogen-bond acceptors (Lipinski definition) is 3. The third-order valence-electron chi connectivity index (χ3n) is 5.84. The van der Waals surface area contributed by atoms with Gasteiger partial charge in [-0.15, -0.1) is 0 Å². The van der Waals surface area contributed by atoms with E-state index in [4.69, 9.17) is 4.98 Å². The summed E-state index contributed by atoms with van der Waals surface area (Å²) in [5, 5.41) is 3.31. The number of carbonyl (C=O) groups is 1. The van der Waals surface area contributed by atoms with Gasteiger partial charge in [-0.25, -0.2) is 9.37 Å². The number of benzene rings is 2. The molecule has 1 aliphatic heterocycles. The number of carbonyl (C=O) groups excluding carboxylic acids is 1. The van der Waals surface area contributed by atoms with E-state index < -0.39 is 0 Å². The molecule has 0 spiro atoms. The molecular formula is C23H27FN4O. The number of hydrogen-bond donors (Lipinski definition) is 1. The van der Waals surface area contributed by atoms with Gasteiger partial charge in [0.05, 0.1) is 11.0 Å². The van der Waals surface area contributed by atoms with Gasteiger partial charge in [0.25, 0.3) is 0 Å². The van der Waals surface area contributed by atoms with Crippen LogP contribution < -0.4 is 5.32 Å². The van der Waals surface area contributed by atoms with Crippen LogP contribution >= 0.6 is 0 Å². The molecule has 0 bridgehead atoms. The van der Waals surface area contributed by atoms with E-state index in [1.54, 1.807) is 12.1 Å². The number of nitrogens with zero attached hydrogens (tertiary/aromatic N) is 3. The minimum absolute atomic E-state index is 0.180. The molecule has 0 radical (unpaired) electrons. The Kier molecular flexibility index (Phi) is 5.90. The van der Waals surface area contributed by atoms with Gasteiger partial charge in [-0.1, -0.05) is 30.3 Å². The van der Waals surface area contributed by atoms with Crippen molar-refractivity contribution in [2.24, 2.45) is 7.05 Å². The summed E-state index contributed by atoms with van der Waals surface area (Å²) in [6.07, 6.45) is 3.13. The van der Waals surface area contributed by atoms with Gasteiger partial charge in [0.15, 0.2) is 0 Å². The summed E-state index contributed by atoms with van der Waals surface area (Å²) >= 11 is 0. The first-order chi connectivity index (χ1) is 14.1. The molecule has 0 aliphatic carbocycles. The average molecular weight is 394 g/mol. The fourth-order valence-corrected chi connectivity index (χ4v) is 4.17. The van der Waals surface area contributed by atoms with E-state index >= 15 is 0 Å². The summed E-state index contributed by atoms with van der Waals surface area (Å²) in [7, 11) is 2.03. The lowest BCUT2D eigenvalue weighted by molar-refractivity contribution is -0.129. The average Bonchev–Trinajstić information content (AvgIpc) is 3.24. The predicted molar refractivity (Wildman–Crippen MR) is 112 cm³/mol. The number of aromatic nitrogens is 2. The Hall–Kier alpha value is -2.73. The van der Waals surface area contributed by atoms with Crippen molar-refractivity contribution in [3.63, 3.8) is 0 Å². The van der Waals surface area contributed by atoms with Gasteiger partial charge < -0.3 is 14.8 Å². The SMILES string of the molecule is Cn1c(CCN2C(=O)CCC2CCNCc2ccccc2F)nc2ccccc21. The van der Waals surface area contributed by atoms with Gasteiger partial charge in [0.1, 0.15) is 11.6 Å². The second-order valence-corrected chi connectivity index (χ2v) is 7.66. The van der Waals surface area contributed by atoms with E-state index in [2.05, 4.69) is 16.0 Å². The quantitative estimate of drug-likeness (QED) is 0.596. The third-order valence-corrected chi connectivity index (χ3v) is 5.84. The standard InChI is InChI=1S/C23H27FN4O/c1-27-21-9-5-4-8-20(21)26-22(27)13-15-28-18(10-11-23(28)29)12-14-25-16-17-6-2-3-7-19(17)24/h2-9,18,25H,10-16H2,1H3. The van der Waals surface area contributed by atoms with Gasteiger partial charge in [-0.2, -0.15) is 0 Å². The first-order valence-electron chi connectivity index (χ1n) is 10.3. The molecule has 1 aromatic heterocycles. The Balaban J connectivity index is 1.31. The summed E-state index contributed by atoms with van der Waals surface area (Å²) < 4.78 is 15.8. The molecule has 6 heteroatoms. The molecule has 1 amide bonds. The highest BCUT2D eigenvalue weighted by Gasteiger charge is 2.30. The van der Waals surface area contributed by atoms with Crippen molar-refractivity contribution in [1.29, 1.82) is 0 Å². The Bertz CT molecular complexity index is 999. The maximum atomic E-state index is 13.7. The summed E-state index contributed by atoms with van der Waals surface area (Å²) in [4.78, 5) is 19.1. The highest BCUT2D eigenvalue weighted by Crippen LogP contribution is 2.22. The van der Waals surface area contributed by atoms with Crippen molar-refractivity contribution < 1.29 is 9.18 Å². The Morgan fingerprint density at radius 3 is 2.79 bits per heavy atom. The minimum atomic E-state index is -0.180. The Morgan fingerprint density at radius 1 is 1.17 bits per heavy atom. The summed E-state index contributed by atoms with van der Waals surface area (Å²) in [6.45, 7) is 1.95. The normalized spacial score (nSPS) is 16.8. The molecule has 1 fully saturated rings. The largest absolute Gasteiger partial charge is 0.339 e. The molecule has 5 nitrogen and oxygen atoms in total. The van der Waals surface area contributed by atoms with Crippen molar-refractivity contribution in [1.82, 2.24) is 19.8 Å². The first-order valence-corrected chi connectivity index (χ1v) is 10.3. The van der Waals surface area contributed by atoms with Crippen LogP contribution in [0, 0.1) is 5.82 Å². The Labute approximate surface area is 170 Å². The maximum Gasteiger partial charge on any atom is 0.222 e. The zero-order valence-corrected chi connectivity index (χ0v) is 16.8. The van der Waals surface area contributed by atoms with Crippen molar-refractivity contribution in [2.75, 3.05) is 13.1 Å². The van der Waals surface area contributed by atoms with Gasteiger partial charge in [0, 0.05) is 44.6 Å². The second-order valence-electron chi connectivity index (χ2n) is 7.66. The number of aryl methyl sites for hydroxylation is 1. The second kappa shape index (κ2) is 8.74. The summed E-state index contributed by atoms with van der Waals surface area (Å²) in [6, 6.07) is 15.2. The molecule has 0 saturated carbocycles. The van der Waals surface area contributed by atoms with Crippen LogP contribution in [0.2, 0.25) is 0 Å². The summed E-state index contributed by atoms with van der Waals surface area (Å²) in [5.41, 5.74) is 2.78. The first kappa shape index (κ1) is 19.6. The van der Waals surface area contributed by atoms with E-state index in [1.165, 1.54) is 6.07 Å². The molecule has 2 heterocycles. The fourth-order valence-electron chi connectivity index (χ4n) is 4.17. The number of para-hydroxylation sites is 2. The smallest absolute Gasteiger partial charge is 0.222 e. The maximum absolute atomic E-state index is 13.7. The van der Waals surface area contributed by atoms with E-state index in [0.717, 1.165) is 42.7 Å². The van der Waals surface area contributed by atoms with Crippen molar-refractivity contribution in [3.05, 3.63) is 65.7 Å². The number of imidazole rings is 1.